The van der Waals surface area contributed by atoms with E-state index < -0.39 is 6.09 Å². The summed E-state index contributed by atoms with van der Waals surface area (Å²) in [5, 5.41) is 13.0. The number of nitrogens with zero attached hydrogens (tertiary/aromatic N) is 2. The van der Waals surface area contributed by atoms with Crippen molar-refractivity contribution in [2.75, 3.05) is 31.1 Å². The number of hydrogen-bond donors (Lipinski definition) is 2. The van der Waals surface area contributed by atoms with Crippen molar-refractivity contribution in [1.82, 2.24) is 10.2 Å². The Kier molecular flexibility index (Phi) is 7.15. The molecule has 0 bridgehead atoms. The molecule has 32 heavy (non-hydrogen) atoms. The molecule has 2 amide bonds. The Labute approximate surface area is 195 Å². The van der Waals surface area contributed by atoms with Crippen LogP contribution in [-0.2, 0) is 4.79 Å². The lowest BCUT2D eigenvalue weighted by Crippen LogP contribution is -2.50. The van der Waals surface area contributed by atoms with Gasteiger partial charge in [-0.2, -0.15) is 0 Å². The molecule has 7 nitrogen and oxygen atoms in total. The first kappa shape index (κ1) is 23.2. The van der Waals surface area contributed by atoms with E-state index in [9.17, 15) is 14.7 Å². The zero-order chi connectivity index (χ0) is 22.7. The summed E-state index contributed by atoms with van der Waals surface area (Å²) >= 11 is 6.57. The minimum Gasteiger partial charge on any atom is -0.410 e. The van der Waals surface area contributed by atoms with E-state index in [1.54, 1.807) is 12.1 Å². The third-order valence-electron chi connectivity index (χ3n) is 7.22. The first-order valence-corrected chi connectivity index (χ1v) is 12.3. The molecule has 1 spiro atoms. The summed E-state index contributed by atoms with van der Waals surface area (Å²) < 4.78 is 5.31. The number of amides is 2. The summed E-state index contributed by atoms with van der Waals surface area (Å²) in [6.45, 7) is 4.86. The molecular formula is C24H34ClN3O4. The normalized spacial score (nSPS) is 28.3. The molecular weight excluding hydrogens is 430 g/mol. The Hall–Kier alpha value is -1.99. The summed E-state index contributed by atoms with van der Waals surface area (Å²) in [6.07, 6.45) is 6.22. The number of benzene rings is 1. The van der Waals surface area contributed by atoms with Gasteiger partial charge in [0.15, 0.2) is 0 Å². The van der Waals surface area contributed by atoms with E-state index in [2.05, 4.69) is 15.1 Å². The fraction of sp³-hybridized carbons (Fsp3) is 0.667. The van der Waals surface area contributed by atoms with Crippen molar-refractivity contribution in [3.8, 4) is 5.75 Å². The van der Waals surface area contributed by atoms with Gasteiger partial charge in [0.05, 0.1) is 22.2 Å². The number of aliphatic hydroxyl groups is 1. The number of piperidine rings is 1. The lowest BCUT2D eigenvalue weighted by Gasteiger charge is -2.41. The van der Waals surface area contributed by atoms with Crippen LogP contribution in [0.15, 0.2) is 18.2 Å². The topological polar surface area (TPSA) is 82.1 Å². The summed E-state index contributed by atoms with van der Waals surface area (Å²) in [5.74, 6) is 0.675. The molecule has 1 atom stereocenters. The van der Waals surface area contributed by atoms with Crippen LogP contribution < -0.4 is 15.0 Å². The quantitative estimate of drug-likeness (QED) is 0.690. The van der Waals surface area contributed by atoms with Crippen LogP contribution in [0.25, 0.3) is 0 Å². The Balaban J connectivity index is 1.42. The molecule has 1 aliphatic carbocycles. The Bertz CT molecular complexity index is 843. The van der Waals surface area contributed by atoms with Crippen LogP contribution in [0.5, 0.6) is 5.75 Å². The number of hydrogen-bond acceptors (Lipinski definition) is 5. The lowest BCUT2D eigenvalue weighted by molar-refractivity contribution is -0.139. The number of carbonyl (C=O) groups excluding carboxylic acids is 2. The Morgan fingerprint density at radius 1 is 1.25 bits per heavy atom. The van der Waals surface area contributed by atoms with Gasteiger partial charge in [0.25, 0.3) is 0 Å². The first-order chi connectivity index (χ1) is 15.4. The van der Waals surface area contributed by atoms with Gasteiger partial charge in [0.1, 0.15) is 5.75 Å². The molecule has 3 fully saturated rings. The summed E-state index contributed by atoms with van der Waals surface area (Å²) in [6, 6.07) is 5.56. The van der Waals surface area contributed by atoms with E-state index in [-0.39, 0.29) is 23.5 Å². The average molecular weight is 464 g/mol. The maximum atomic E-state index is 13.5. The van der Waals surface area contributed by atoms with Crippen molar-refractivity contribution < 1.29 is 19.4 Å². The zero-order valence-electron chi connectivity index (χ0n) is 18.8. The predicted octanol–water partition coefficient (Wildman–Crippen LogP) is 3.96. The Morgan fingerprint density at radius 3 is 2.75 bits per heavy atom. The van der Waals surface area contributed by atoms with Gasteiger partial charge in [0, 0.05) is 38.3 Å². The van der Waals surface area contributed by atoms with Gasteiger partial charge in [-0.25, -0.2) is 4.79 Å². The van der Waals surface area contributed by atoms with Gasteiger partial charge in [-0.15, -0.1) is 0 Å². The van der Waals surface area contributed by atoms with Crippen LogP contribution in [0.2, 0.25) is 5.02 Å². The third kappa shape index (κ3) is 4.84. The van der Waals surface area contributed by atoms with Crippen LogP contribution >= 0.6 is 11.6 Å². The van der Waals surface area contributed by atoms with Crippen molar-refractivity contribution in [2.45, 2.75) is 70.4 Å². The van der Waals surface area contributed by atoms with Crippen molar-refractivity contribution in [2.24, 2.45) is 5.41 Å². The fourth-order valence-electron chi connectivity index (χ4n) is 5.46. The highest BCUT2D eigenvalue weighted by Gasteiger charge is 2.50. The van der Waals surface area contributed by atoms with Crippen LogP contribution in [0.4, 0.5) is 10.5 Å². The number of ether oxygens (including phenoxy) is 1. The number of nitrogens with one attached hydrogen (secondary N) is 1. The molecule has 176 valence electrons. The number of likely N-dealkylation sites (tertiary alicyclic amines) is 1. The highest BCUT2D eigenvalue weighted by Crippen LogP contribution is 2.44. The molecule has 3 aliphatic rings. The molecule has 2 N–H and O–H groups in total. The van der Waals surface area contributed by atoms with Crippen LogP contribution in [0.1, 0.15) is 58.3 Å². The SMILES string of the molecule is CCCNC(=O)Oc1ccc(N2CCCC3(CCN(C4CCC(O)CC4)C3=O)C2)c(Cl)c1. The average Bonchev–Trinajstić information content (AvgIpc) is 3.08. The van der Waals surface area contributed by atoms with Gasteiger partial charge in [-0.05, 0) is 63.5 Å². The van der Waals surface area contributed by atoms with Crippen LogP contribution in [0.3, 0.4) is 0 Å². The van der Waals surface area contributed by atoms with Gasteiger partial charge >= 0.3 is 6.09 Å². The van der Waals surface area contributed by atoms with Crippen molar-refractivity contribution >= 4 is 29.3 Å². The molecule has 1 aromatic carbocycles. The number of anilines is 1. The second-order valence-corrected chi connectivity index (χ2v) is 9.85. The molecule has 4 rings (SSSR count). The van der Waals surface area contributed by atoms with Crippen molar-refractivity contribution in [1.29, 1.82) is 0 Å². The van der Waals surface area contributed by atoms with E-state index in [0.29, 0.717) is 23.9 Å². The summed E-state index contributed by atoms with van der Waals surface area (Å²) in [4.78, 5) is 29.6. The Morgan fingerprint density at radius 2 is 2.03 bits per heavy atom. The van der Waals surface area contributed by atoms with Crippen molar-refractivity contribution in [3.05, 3.63) is 23.2 Å². The second-order valence-electron chi connectivity index (χ2n) is 9.45. The van der Waals surface area contributed by atoms with E-state index in [1.165, 1.54) is 0 Å². The lowest BCUT2D eigenvalue weighted by atomic mass is 9.78. The van der Waals surface area contributed by atoms with Crippen LogP contribution in [0, 0.1) is 5.41 Å². The monoisotopic (exact) mass is 463 g/mol. The molecule has 2 heterocycles. The number of halogens is 1. The van der Waals surface area contributed by atoms with E-state index >= 15 is 0 Å². The molecule has 1 unspecified atom stereocenters. The highest BCUT2D eigenvalue weighted by molar-refractivity contribution is 6.33. The van der Waals surface area contributed by atoms with E-state index in [1.807, 2.05) is 13.0 Å². The highest BCUT2D eigenvalue weighted by atomic mass is 35.5. The van der Waals surface area contributed by atoms with E-state index in [0.717, 1.165) is 70.1 Å². The van der Waals surface area contributed by atoms with Crippen LogP contribution in [-0.4, -0.2) is 60.3 Å². The smallest absolute Gasteiger partial charge is 0.410 e. The van der Waals surface area contributed by atoms with Gasteiger partial charge < -0.3 is 25.0 Å². The minimum atomic E-state index is -0.487. The maximum Gasteiger partial charge on any atom is 0.412 e. The first-order valence-electron chi connectivity index (χ1n) is 11.9. The standard InChI is InChI=1S/C24H34ClN3O4/c1-2-12-26-23(31)32-19-8-9-21(20(25)15-19)27-13-3-10-24(16-27)11-14-28(22(24)30)17-4-6-18(29)7-5-17/h8-9,15,17-18,29H,2-7,10-14,16H2,1H3,(H,26,31). The van der Waals surface area contributed by atoms with Gasteiger partial charge in [0.2, 0.25) is 5.91 Å². The fourth-order valence-corrected chi connectivity index (χ4v) is 5.75. The number of rotatable bonds is 5. The van der Waals surface area contributed by atoms with E-state index in [4.69, 9.17) is 16.3 Å². The molecule has 0 aromatic heterocycles. The molecule has 2 saturated heterocycles. The molecule has 2 aliphatic heterocycles. The molecule has 1 saturated carbocycles. The number of carbonyl (C=O) groups is 2. The maximum absolute atomic E-state index is 13.5. The second kappa shape index (κ2) is 9.87. The zero-order valence-corrected chi connectivity index (χ0v) is 19.6. The minimum absolute atomic E-state index is 0.213. The van der Waals surface area contributed by atoms with Gasteiger partial charge in [-0.1, -0.05) is 18.5 Å². The summed E-state index contributed by atoms with van der Waals surface area (Å²) in [7, 11) is 0. The number of aliphatic hydroxyl groups excluding tert-OH is 1. The van der Waals surface area contributed by atoms with Gasteiger partial charge in [-0.3, -0.25) is 4.79 Å². The molecule has 1 aromatic rings. The third-order valence-corrected chi connectivity index (χ3v) is 7.52. The predicted molar refractivity (Wildman–Crippen MR) is 124 cm³/mol. The molecule has 8 heteroatoms. The largest absolute Gasteiger partial charge is 0.412 e. The summed E-state index contributed by atoms with van der Waals surface area (Å²) in [5.41, 5.74) is 0.520. The van der Waals surface area contributed by atoms with Crippen molar-refractivity contribution in [3.63, 3.8) is 0 Å². The molecule has 0 radical (unpaired) electrons.